The topological polar surface area (TPSA) is 66.8 Å². The highest BCUT2D eigenvalue weighted by molar-refractivity contribution is 7.84. The summed E-state index contributed by atoms with van der Waals surface area (Å²) in [4.78, 5) is 14.8. The second-order valence-electron chi connectivity index (χ2n) is 15.6. The van der Waals surface area contributed by atoms with E-state index in [9.17, 15) is 36.1 Å². The van der Waals surface area contributed by atoms with E-state index in [4.69, 9.17) is 4.74 Å². The molecule has 1 aliphatic heterocycles. The maximum atomic E-state index is 13.0. The smallest absolute Gasteiger partial charge is 0.426 e. The summed E-state index contributed by atoms with van der Waals surface area (Å²) < 4.78 is 80.8. The van der Waals surface area contributed by atoms with Crippen LogP contribution in [0.2, 0.25) is 0 Å². The zero-order chi connectivity index (χ0) is 35.2. The van der Waals surface area contributed by atoms with Gasteiger partial charge in [0.2, 0.25) is 0 Å². The minimum Gasteiger partial charge on any atom is -0.426 e. The van der Waals surface area contributed by atoms with Crippen LogP contribution in [0.25, 0.3) is 0 Å². The maximum absolute atomic E-state index is 13.0. The minimum absolute atomic E-state index is 0. The molecule has 50 heavy (non-hydrogen) atoms. The Balaban J connectivity index is 0.00000562. The quantitative estimate of drug-likeness (QED) is 0.0744. The minimum atomic E-state index is -5.55. The fourth-order valence-corrected chi connectivity index (χ4v) is 10.8. The highest BCUT2D eigenvalue weighted by Crippen LogP contribution is 2.62. The first-order valence-electron chi connectivity index (χ1n) is 18.8. The van der Waals surface area contributed by atoms with Crippen molar-refractivity contribution in [1.82, 2.24) is 4.90 Å². The number of likely N-dealkylation sites (tertiary alicyclic amines) is 1. The number of carbonyl (C=O) groups is 1. The van der Waals surface area contributed by atoms with Gasteiger partial charge in [0.15, 0.2) is 0 Å². The van der Waals surface area contributed by atoms with Crippen molar-refractivity contribution in [2.45, 2.75) is 140 Å². The average molecular weight is 754 g/mol. The molecule has 3 fully saturated rings. The lowest BCUT2D eigenvalue weighted by molar-refractivity contribution is -0.284. The molecule has 1 aromatic carbocycles. The van der Waals surface area contributed by atoms with Gasteiger partial charge in [-0.25, -0.2) is 0 Å². The summed E-state index contributed by atoms with van der Waals surface area (Å²) in [5, 5.41) is 11.0. The lowest BCUT2D eigenvalue weighted by Crippen LogP contribution is -2.47. The third-order valence-corrected chi connectivity index (χ3v) is 13.8. The summed E-state index contributed by atoms with van der Waals surface area (Å²) in [6.07, 6.45) is 7.94. The molecule has 5 nitrogen and oxygen atoms in total. The number of hydrogen-bond donors (Lipinski definition) is 1. The first kappa shape index (κ1) is 41.5. The molecule has 1 aromatic rings. The van der Waals surface area contributed by atoms with Crippen molar-refractivity contribution >= 4 is 29.2 Å². The fraction of sp³-hybridized carbons (Fsp3) is 0.816. The number of nitrogens with zero attached hydrogens (tertiary/aromatic N) is 1. The lowest BCUT2D eigenvalue weighted by atomic mass is 9.52. The number of carbonyl (C=O) groups excluding carboxylic acids is 1. The summed E-state index contributed by atoms with van der Waals surface area (Å²) in [7, 11) is -1.37. The van der Waals surface area contributed by atoms with Crippen LogP contribution in [-0.4, -0.2) is 69.5 Å². The Morgan fingerprint density at radius 1 is 0.960 bits per heavy atom. The molecule has 1 unspecified atom stereocenters. The second kappa shape index (κ2) is 18.2. The zero-order valence-electron chi connectivity index (χ0n) is 29.5. The monoisotopic (exact) mass is 753 g/mol. The van der Waals surface area contributed by atoms with Crippen molar-refractivity contribution in [3.63, 3.8) is 0 Å². The van der Waals surface area contributed by atoms with Crippen LogP contribution in [0.1, 0.15) is 127 Å². The SMILES string of the molecule is C[C@]12CC[C@@H]3c4ccc(OC(=O)CN5CCCC5)cc4C[C@@H](CCCCCCCCCS(=O)CCCC(F)(F)C(F)(F)F)[C@H]3[C@@H]1CC[C@@H]2O.Cl. The van der Waals surface area contributed by atoms with Crippen LogP contribution in [0.3, 0.4) is 0 Å². The number of halogens is 6. The van der Waals surface area contributed by atoms with Crippen LogP contribution in [0.4, 0.5) is 22.0 Å². The summed E-state index contributed by atoms with van der Waals surface area (Å²) >= 11 is 0. The normalized spacial score (nSPS) is 28.7. The van der Waals surface area contributed by atoms with Crippen LogP contribution in [0.5, 0.6) is 5.75 Å². The number of benzene rings is 1. The number of fused-ring (bicyclic) bond motifs is 5. The van der Waals surface area contributed by atoms with E-state index in [-0.39, 0.29) is 35.6 Å². The van der Waals surface area contributed by atoms with Gasteiger partial charge in [0.05, 0.1) is 12.6 Å². The Morgan fingerprint density at radius 3 is 2.32 bits per heavy atom. The molecule has 0 spiro atoms. The number of unbranched alkanes of at least 4 members (excludes halogenated alkanes) is 6. The molecular formula is C38H57ClF5NO4S. The van der Waals surface area contributed by atoms with E-state index in [1.807, 2.05) is 6.07 Å². The predicted octanol–water partition coefficient (Wildman–Crippen LogP) is 9.40. The third-order valence-electron chi connectivity index (χ3n) is 12.3. The molecule has 12 heteroatoms. The first-order valence-corrected chi connectivity index (χ1v) is 20.3. The van der Waals surface area contributed by atoms with Crippen LogP contribution in [0.15, 0.2) is 18.2 Å². The van der Waals surface area contributed by atoms with Crippen molar-refractivity contribution in [3.8, 4) is 5.75 Å². The van der Waals surface area contributed by atoms with E-state index >= 15 is 0 Å². The standard InChI is InChI=1S/C38H56F5NO4S.ClH/c1-36-19-17-31-30-14-13-29(48-34(46)26-44-20-8-9-21-44)25-28(30)24-27(35(31)32(36)15-16-33(36)45)12-7-5-3-2-4-6-10-22-49(47)23-11-18-37(39,40)38(41,42)43;/h13-14,25,27,31-33,35,45H,2-12,15-24,26H2,1H3;1H/t27-,31-,32+,33+,35-,36+,49?;/m1./s1. The van der Waals surface area contributed by atoms with Crippen molar-refractivity contribution < 1.29 is 40.8 Å². The molecule has 3 aliphatic carbocycles. The largest absolute Gasteiger partial charge is 0.453 e. The van der Waals surface area contributed by atoms with Gasteiger partial charge in [0.25, 0.3) is 0 Å². The van der Waals surface area contributed by atoms with Crippen LogP contribution in [-0.2, 0) is 22.0 Å². The summed E-state index contributed by atoms with van der Waals surface area (Å²) in [5.74, 6) is -1.99. The first-order chi connectivity index (χ1) is 23.3. The van der Waals surface area contributed by atoms with Gasteiger partial charge >= 0.3 is 18.1 Å². The Hall–Kier alpha value is -1.30. The van der Waals surface area contributed by atoms with Gasteiger partial charge in [0.1, 0.15) is 5.75 Å². The van der Waals surface area contributed by atoms with Gasteiger partial charge in [-0.05, 0) is 130 Å². The van der Waals surface area contributed by atoms with Gasteiger partial charge in [-0.3, -0.25) is 13.9 Å². The molecule has 286 valence electrons. The predicted molar refractivity (Wildman–Crippen MR) is 190 cm³/mol. The van der Waals surface area contributed by atoms with Crippen LogP contribution < -0.4 is 4.74 Å². The van der Waals surface area contributed by atoms with E-state index in [0.717, 1.165) is 103 Å². The summed E-state index contributed by atoms with van der Waals surface area (Å²) in [5.41, 5.74) is 2.70. The summed E-state index contributed by atoms with van der Waals surface area (Å²) in [6, 6.07) is 6.30. The van der Waals surface area contributed by atoms with Crippen LogP contribution >= 0.6 is 12.4 Å². The average Bonchev–Trinajstić information content (AvgIpc) is 3.66. The van der Waals surface area contributed by atoms with E-state index < -0.39 is 35.7 Å². The Labute approximate surface area is 303 Å². The van der Waals surface area contributed by atoms with E-state index in [2.05, 4.69) is 24.0 Å². The molecule has 7 atom stereocenters. The fourth-order valence-electron chi connectivity index (χ4n) is 9.62. The number of aliphatic hydroxyl groups is 1. The highest BCUT2D eigenvalue weighted by atomic mass is 35.5. The number of ether oxygens (including phenoxy) is 1. The van der Waals surface area contributed by atoms with Gasteiger partial charge in [-0.15, -0.1) is 12.4 Å². The number of hydrogen-bond acceptors (Lipinski definition) is 5. The Bertz CT molecular complexity index is 1280. The zero-order valence-corrected chi connectivity index (χ0v) is 31.1. The maximum Gasteiger partial charge on any atom is 0.453 e. The van der Waals surface area contributed by atoms with E-state index in [0.29, 0.717) is 48.1 Å². The van der Waals surface area contributed by atoms with E-state index in [1.165, 1.54) is 11.1 Å². The van der Waals surface area contributed by atoms with Crippen molar-refractivity contribution in [3.05, 3.63) is 29.3 Å². The number of alkyl halides is 5. The van der Waals surface area contributed by atoms with Gasteiger partial charge in [-0.2, -0.15) is 22.0 Å². The molecule has 2 saturated carbocycles. The van der Waals surface area contributed by atoms with E-state index in [1.54, 1.807) is 0 Å². The molecule has 1 heterocycles. The Morgan fingerprint density at radius 2 is 1.62 bits per heavy atom. The molecule has 5 rings (SSSR count). The van der Waals surface area contributed by atoms with Crippen molar-refractivity contribution in [2.75, 3.05) is 31.1 Å². The third kappa shape index (κ3) is 10.2. The lowest BCUT2D eigenvalue weighted by Gasteiger charge is -2.53. The number of aliphatic hydroxyl groups excluding tert-OH is 1. The number of esters is 1. The molecular weight excluding hydrogens is 697 g/mol. The molecule has 1 saturated heterocycles. The van der Waals surface area contributed by atoms with Crippen LogP contribution in [0, 0.1) is 23.2 Å². The molecule has 4 aliphatic rings. The highest BCUT2D eigenvalue weighted by Gasteiger charge is 2.57. The Kier molecular flexibility index (Phi) is 15.1. The van der Waals surface area contributed by atoms with Gasteiger partial charge in [-0.1, -0.05) is 51.5 Å². The molecule has 0 bridgehead atoms. The molecule has 0 radical (unpaired) electrons. The number of rotatable bonds is 17. The van der Waals surface area contributed by atoms with Crippen molar-refractivity contribution in [2.24, 2.45) is 23.2 Å². The molecule has 0 aromatic heterocycles. The molecule has 0 amide bonds. The summed E-state index contributed by atoms with van der Waals surface area (Å²) in [6.45, 7) is 4.55. The van der Waals surface area contributed by atoms with Crippen molar-refractivity contribution in [1.29, 1.82) is 0 Å². The van der Waals surface area contributed by atoms with Gasteiger partial charge < -0.3 is 9.84 Å². The second-order valence-corrected chi connectivity index (χ2v) is 17.3. The molecule has 1 N–H and O–H groups in total. The van der Waals surface area contributed by atoms with Gasteiger partial charge in [0, 0.05) is 28.7 Å².